The molecule has 0 aliphatic carbocycles. The first-order valence-electron chi connectivity index (χ1n) is 5.83. The van der Waals surface area contributed by atoms with Crippen LogP contribution in [0.1, 0.15) is 35.8 Å². The minimum Gasteiger partial charge on any atom is -0.298 e. The Kier molecular flexibility index (Phi) is 3.28. The number of aryl methyl sites for hydroxylation is 1. The Balaban J connectivity index is 2.62. The first-order chi connectivity index (χ1) is 8.52. The van der Waals surface area contributed by atoms with Gasteiger partial charge in [0.05, 0.1) is 5.56 Å². The van der Waals surface area contributed by atoms with Gasteiger partial charge in [0.15, 0.2) is 6.29 Å². The van der Waals surface area contributed by atoms with Crippen LogP contribution >= 0.6 is 0 Å². The second-order valence-electron chi connectivity index (χ2n) is 4.61. The van der Waals surface area contributed by atoms with E-state index in [0.29, 0.717) is 23.1 Å². The highest BCUT2D eigenvalue weighted by Crippen LogP contribution is 2.26. The fraction of sp³-hybridized carbons (Fsp3) is 0.286. The molecule has 0 aliphatic heterocycles. The Hall–Kier alpha value is -1.97. The third kappa shape index (κ3) is 2.18. The summed E-state index contributed by atoms with van der Waals surface area (Å²) < 4.78 is 15.5. The Bertz CT molecular complexity index is 587. The molecule has 1 aromatic heterocycles. The first-order valence-corrected chi connectivity index (χ1v) is 5.83. The van der Waals surface area contributed by atoms with Crippen LogP contribution in [-0.4, -0.2) is 16.1 Å². The summed E-state index contributed by atoms with van der Waals surface area (Å²) >= 11 is 0. The fourth-order valence-corrected chi connectivity index (χ4v) is 1.79. The summed E-state index contributed by atoms with van der Waals surface area (Å²) in [7, 11) is 0. The van der Waals surface area contributed by atoms with Crippen molar-refractivity contribution in [2.75, 3.05) is 0 Å². The van der Waals surface area contributed by atoms with E-state index in [2.05, 4.69) is 5.10 Å². The van der Waals surface area contributed by atoms with Crippen LogP contribution in [0.5, 0.6) is 0 Å². The van der Waals surface area contributed by atoms with Gasteiger partial charge in [-0.05, 0) is 32.9 Å². The standard InChI is InChI=1S/C14H15FN2O/c1-9(2)17-7-11(8-18)14(16-17)12-6-10(3)4-5-13(12)15/h4-9H,1-3H3. The summed E-state index contributed by atoms with van der Waals surface area (Å²) in [6, 6.07) is 4.92. The predicted molar refractivity (Wildman–Crippen MR) is 68.1 cm³/mol. The van der Waals surface area contributed by atoms with Gasteiger partial charge >= 0.3 is 0 Å². The zero-order valence-corrected chi connectivity index (χ0v) is 10.6. The van der Waals surface area contributed by atoms with E-state index in [1.165, 1.54) is 6.07 Å². The van der Waals surface area contributed by atoms with Crippen molar-refractivity contribution in [1.82, 2.24) is 9.78 Å². The average Bonchev–Trinajstić information content (AvgIpc) is 2.76. The Morgan fingerprint density at radius 1 is 1.39 bits per heavy atom. The normalized spacial score (nSPS) is 10.9. The zero-order chi connectivity index (χ0) is 13.3. The van der Waals surface area contributed by atoms with E-state index in [1.807, 2.05) is 20.8 Å². The molecule has 18 heavy (non-hydrogen) atoms. The topological polar surface area (TPSA) is 34.9 Å². The molecule has 0 fully saturated rings. The van der Waals surface area contributed by atoms with E-state index in [-0.39, 0.29) is 11.9 Å². The number of benzene rings is 1. The van der Waals surface area contributed by atoms with E-state index in [0.717, 1.165) is 5.56 Å². The minimum atomic E-state index is -0.363. The lowest BCUT2D eigenvalue weighted by atomic mass is 10.1. The lowest BCUT2D eigenvalue weighted by Gasteiger charge is -2.04. The molecule has 2 aromatic rings. The molecule has 0 amide bonds. The van der Waals surface area contributed by atoms with Crippen molar-refractivity contribution in [3.63, 3.8) is 0 Å². The highest BCUT2D eigenvalue weighted by Gasteiger charge is 2.15. The maximum Gasteiger partial charge on any atom is 0.153 e. The molecule has 0 bridgehead atoms. The van der Waals surface area contributed by atoms with Crippen molar-refractivity contribution >= 4 is 6.29 Å². The molecule has 0 unspecified atom stereocenters. The SMILES string of the molecule is Cc1ccc(F)c(-c2nn(C(C)C)cc2C=O)c1. The number of rotatable bonds is 3. The second kappa shape index (κ2) is 4.72. The van der Waals surface area contributed by atoms with Gasteiger partial charge in [-0.25, -0.2) is 4.39 Å². The highest BCUT2D eigenvalue weighted by atomic mass is 19.1. The Morgan fingerprint density at radius 2 is 2.11 bits per heavy atom. The minimum absolute atomic E-state index is 0.130. The van der Waals surface area contributed by atoms with Crippen molar-refractivity contribution in [1.29, 1.82) is 0 Å². The van der Waals surface area contributed by atoms with E-state index >= 15 is 0 Å². The number of aromatic nitrogens is 2. The van der Waals surface area contributed by atoms with Crippen LogP contribution in [0.4, 0.5) is 4.39 Å². The summed E-state index contributed by atoms with van der Waals surface area (Å²) in [5.74, 6) is -0.363. The molecule has 94 valence electrons. The molecule has 0 saturated heterocycles. The maximum atomic E-state index is 13.8. The lowest BCUT2D eigenvalue weighted by Crippen LogP contribution is -2.01. The largest absolute Gasteiger partial charge is 0.298 e. The van der Waals surface area contributed by atoms with Gasteiger partial charge < -0.3 is 0 Å². The summed E-state index contributed by atoms with van der Waals surface area (Å²) in [6.07, 6.45) is 2.36. The molecular weight excluding hydrogens is 231 g/mol. The van der Waals surface area contributed by atoms with Crippen LogP contribution < -0.4 is 0 Å². The predicted octanol–water partition coefficient (Wildman–Crippen LogP) is 3.39. The number of halogens is 1. The van der Waals surface area contributed by atoms with Gasteiger partial charge in [0.25, 0.3) is 0 Å². The summed E-state index contributed by atoms with van der Waals surface area (Å²) in [5.41, 5.74) is 2.12. The number of nitrogens with zero attached hydrogens (tertiary/aromatic N) is 2. The van der Waals surface area contributed by atoms with Crippen molar-refractivity contribution in [2.45, 2.75) is 26.8 Å². The van der Waals surface area contributed by atoms with Crippen molar-refractivity contribution in [3.8, 4) is 11.3 Å². The number of carbonyl (C=O) groups is 1. The molecule has 1 heterocycles. The van der Waals surface area contributed by atoms with Crippen molar-refractivity contribution in [2.24, 2.45) is 0 Å². The number of hydrogen-bond donors (Lipinski definition) is 0. The van der Waals surface area contributed by atoms with Crippen LogP contribution in [0.3, 0.4) is 0 Å². The van der Waals surface area contributed by atoms with Crippen LogP contribution in [0, 0.1) is 12.7 Å². The molecule has 0 aliphatic rings. The summed E-state index contributed by atoms with van der Waals surface area (Å²) in [6.45, 7) is 5.79. The third-order valence-corrected chi connectivity index (χ3v) is 2.79. The molecule has 0 saturated carbocycles. The number of hydrogen-bond acceptors (Lipinski definition) is 2. The van der Waals surface area contributed by atoms with E-state index in [4.69, 9.17) is 0 Å². The van der Waals surface area contributed by atoms with E-state index < -0.39 is 0 Å². The zero-order valence-electron chi connectivity index (χ0n) is 10.6. The van der Waals surface area contributed by atoms with Gasteiger partial charge in [-0.1, -0.05) is 11.6 Å². The molecule has 2 rings (SSSR count). The van der Waals surface area contributed by atoms with Gasteiger partial charge in [0.2, 0.25) is 0 Å². The average molecular weight is 246 g/mol. The maximum absolute atomic E-state index is 13.8. The first kappa shape index (κ1) is 12.5. The quantitative estimate of drug-likeness (QED) is 0.778. The summed E-state index contributed by atoms with van der Waals surface area (Å²) in [4.78, 5) is 11.1. The third-order valence-electron chi connectivity index (χ3n) is 2.79. The lowest BCUT2D eigenvalue weighted by molar-refractivity contribution is 0.112. The van der Waals surface area contributed by atoms with Crippen LogP contribution in [0.2, 0.25) is 0 Å². The molecular formula is C14H15FN2O. The van der Waals surface area contributed by atoms with E-state index in [9.17, 15) is 9.18 Å². The number of aldehydes is 1. The van der Waals surface area contributed by atoms with Crippen LogP contribution in [-0.2, 0) is 0 Å². The van der Waals surface area contributed by atoms with Gasteiger partial charge in [0, 0.05) is 17.8 Å². The van der Waals surface area contributed by atoms with E-state index in [1.54, 1.807) is 23.0 Å². The van der Waals surface area contributed by atoms with Crippen LogP contribution in [0.25, 0.3) is 11.3 Å². The Morgan fingerprint density at radius 3 is 2.72 bits per heavy atom. The smallest absolute Gasteiger partial charge is 0.153 e. The molecule has 3 nitrogen and oxygen atoms in total. The Labute approximate surface area is 105 Å². The van der Waals surface area contributed by atoms with Crippen molar-refractivity contribution < 1.29 is 9.18 Å². The number of carbonyl (C=O) groups excluding carboxylic acids is 1. The molecule has 0 spiro atoms. The van der Waals surface area contributed by atoms with Crippen LogP contribution in [0.15, 0.2) is 24.4 Å². The molecule has 0 atom stereocenters. The molecule has 0 radical (unpaired) electrons. The van der Waals surface area contributed by atoms with Gasteiger partial charge in [0.1, 0.15) is 11.5 Å². The van der Waals surface area contributed by atoms with Gasteiger partial charge in [-0.15, -0.1) is 0 Å². The molecule has 4 heteroatoms. The highest BCUT2D eigenvalue weighted by molar-refractivity contribution is 5.85. The monoisotopic (exact) mass is 246 g/mol. The molecule has 1 aromatic carbocycles. The summed E-state index contributed by atoms with van der Waals surface area (Å²) in [5, 5.41) is 4.30. The van der Waals surface area contributed by atoms with Gasteiger partial charge in [-0.3, -0.25) is 9.48 Å². The molecule has 0 N–H and O–H groups in total. The fourth-order valence-electron chi connectivity index (χ4n) is 1.79. The second-order valence-corrected chi connectivity index (χ2v) is 4.61. The van der Waals surface area contributed by atoms with Crippen molar-refractivity contribution in [3.05, 3.63) is 41.3 Å². The van der Waals surface area contributed by atoms with Gasteiger partial charge in [-0.2, -0.15) is 5.10 Å².